The molecule has 0 spiro atoms. The quantitative estimate of drug-likeness (QED) is 0.639. The van der Waals surface area contributed by atoms with Crippen LogP contribution in [0.1, 0.15) is 6.92 Å². The second kappa shape index (κ2) is 5.53. The molecule has 0 amide bonds. The molecule has 1 unspecified atom stereocenters. The maximum atomic E-state index is 13.4. The predicted molar refractivity (Wildman–Crippen MR) is 58.0 cm³/mol. The highest BCUT2D eigenvalue weighted by molar-refractivity contribution is 5.52. The van der Waals surface area contributed by atoms with Crippen LogP contribution >= 0.6 is 0 Å². The van der Waals surface area contributed by atoms with Crippen molar-refractivity contribution in [2.24, 2.45) is 0 Å². The molecule has 17 heavy (non-hydrogen) atoms. The second-order valence-corrected chi connectivity index (χ2v) is 3.54. The summed E-state index contributed by atoms with van der Waals surface area (Å²) in [7, 11) is 1.46. The lowest BCUT2D eigenvalue weighted by Crippen LogP contribution is -2.22. The summed E-state index contributed by atoms with van der Waals surface area (Å²) in [5.41, 5.74) is -1.01. The van der Waals surface area contributed by atoms with Crippen LogP contribution in [-0.4, -0.2) is 24.7 Å². The Morgan fingerprint density at radius 3 is 2.41 bits per heavy atom. The van der Waals surface area contributed by atoms with E-state index in [1.165, 1.54) is 7.11 Å². The first kappa shape index (κ1) is 13.3. The zero-order valence-corrected chi connectivity index (χ0v) is 9.37. The van der Waals surface area contributed by atoms with Gasteiger partial charge in [0, 0.05) is 13.2 Å². The number of nitrogens with zero attached hydrogens (tertiary/aromatic N) is 1. The van der Waals surface area contributed by atoms with Crippen LogP contribution in [0.3, 0.4) is 0 Å². The fraction of sp³-hybridized carbons (Fsp3) is 0.400. The number of hydrogen-bond acceptors (Lipinski definition) is 4. The molecule has 0 aliphatic rings. The van der Waals surface area contributed by atoms with E-state index in [4.69, 9.17) is 4.74 Å². The molecule has 1 atom stereocenters. The molecule has 1 aromatic rings. The number of nitro groups is 1. The summed E-state index contributed by atoms with van der Waals surface area (Å²) in [4.78, 5) is 9.52. The SMILES string of the molecule is COCC(C)Nc1c(F)cc([N+](=O)[O-])cc1F. The summed E-state index contributed by atoms with van der Waals surface area (Å²) >= 11 is 0. The number of nitro benzene ring substituents is 1. The first-order valence-corrected chi connectivity index (χ1v) is 4.84. The topological polar surface area (TPSA) is 64.4 Å². The lowest BCUT2D eigenvalue weighted by molar-refractivity contribution is -0.385. The van der Waals surface area contributed by atoms with Crippen LogP contribution in [0.4, 0.5) is 20.2 Å². The zero-order chi connectivity index (χ0) is 13.0. The molecule has 0 bridgehead atoms. The smallest absolute Gasteiger partial charge is 0.275 e. The van der Waals surface area contributed by atoms with Crippen molar-refractivity contribution in [2.45, 2.75) is 13.0 Å². The fourth-order valence-corrected chi connectivity index (χ4v) is 1.34. The van der Waals surface area contributed by atoms with E-state index < -0.39 is 22.2 Å². The van der Waals surface area contributed by atoms with E-state index in [2.05, 4.69) is 5.32 Å². The Kier molecular flexibility index (Phi) is 4.33. The van der Waals surface area contributed by atoms with E-state index in [0.29, 0.717) is 12.1 Å². The molecule has 0 fully saturated rings. The van der Waals surface area contributed by atoms with Gasteiger partial charge in [-0.1, -0.05) is 0 Å². The Bertz CT molecular complexity index is 403. The second-order valence-electron chi connectivity index (χ2n) is 3.54. The Hall–Kier alpha value is -1.76. The van der Waals surface area contributed by atoms with Crippen molar-refractivity contribution in [3.63, 3.8) is 0 Å². The average Bonchev–Trinajstić information content (AvgIpc) is 2.23. The molecule has 1 rings (SSSR count). The van der Waals surface area contributed by atoms with Gasteiger partial charge in [-0.15, -0.1) is 0 Å². The maximum Gasteiger partial charge on any atom is 0.275 e. The number of non-ortho nitro benzene ring substituents is 1. The van der Waals surface area contributed by atoms with Gasteiger partial charge in [0.15, 0.2) is 11.6 Å². The lowest BCUT2D eigenvalue weighted by Gasteiger charge is -2.15. The molecule has 0 aliphatic heterocycles. The normalized spacial score (nSPS) is 12.2. The summed E-state index contributed by atoms with van der Waals surface area (Å²) in [6, 6.07) is 1.03. The number of hydrogen-bond donors (Lipinski definition) is 1. The monoisotopic (exact) mass is 246 g/mol. The number of methoxy groups -OCH3 is 1. The first-order chi connectivity index (χ1) is 7.95. The van der Waals surface area contributed by atoms with Crippen LogP contribution < -0.4 is 5.32 Å². The molecule has 0 saturated heterocycles. The van der Waals surface area contributed by atoms with Gasteiger partial charge in [0.25, 0.3) is 5.69 Å². The van der Waals surface area contributed by atoms with Crippen molar-refractivity contribution in [3.8, 4) is 0 Å². The molecule has 0 saturated carbocycles. The molecule has 1 aromatic carbocycles. The van der Waals surface area contributed by atoms with Crippen LogP contribution in [0, 0.1) is 21.7 Å². The van der Waals surface area contributed by atoms with Crippen molar-refractivity contribution >= 4 is 11.4 Å². The van der Waals surface area contributed by atoms with E-state index in [1.807, 2.05) is 0 Å². The first-order valence-electron chi connectivity index (χ1n) is 4.84. The zero-order valence-electron chi connectivity index (χ0n) is 9.37. The van der Waals surface area contributed by atoms with Gasteiger partial charge in [0.2, 0.25) is 0 Å². The number of benzene rings is 1. The van der Waals surface area contributed by atoms with Crippen molar-refractivity contribution in [3.05, 3.63) is 33.9 Å². The van der Waals surface area contributed by atoms with E-state index in [0.717, 1.165) is 0 Å². The lowest BCUT2D eigenvalue weighted by atomic mass is 10.2. The van der Waals surface area contributed by atoms with Gasteiger partial charge in [-0.3, -0.25) is 10.1 Å². The summed E-state index contributed by atoms with van der Waals surface area (Å²) < 4.78 is 31.7. The Morgan fingerprint density at radius 1 is 1.47 bits per heavy atom. The molecule has 0 aromatic heterocycles. The average molecular weight is 246 g/mol. The molecule has 94 valence electrons. The van der Waals surface area contributed by atoms with Crippen LogP contribution in [0.5, 0.6) is 0 Å². The number of rotatable bonds is 5. The third-order valence-corrected chi connectivity index (χ3v) is 2.05. The fourth-order valence-electron chi connectivity index (χ4n) is 1.34. The van der Waals surface area contributed by atoms with Gasteiger partial charge in [-0.05, 0) is 6.92 Å². The molecule has 0 heterocycles. The van der Waals surface area contributed by atoms with E-state index in [1.54, 1.807) is 6.92 Å². The number of anilines is 1. The minimum absolute atomic E-state index is 0.260. The Labute approximate surface area is 96.5 Å². The van der Waals surface area contributed by atoms with E-state index in [9.17, 15) is 18.9 Å². The largest absolute Gasteiger partial charge is 0.383 e. The number of halogens is 2. The van der Waals surface area contributed by atoms with Gasteiger partial charge in [-0.25, -0.2) is 8.78 Å². The molecular formula is C10H12F2N2O3. The summed E-state index contributed by atoms with van der Waals surface area (Å²) in [5, 5.41) is 12.9. The molecule has 5 nitrogen and oxygen atoms in total. The number of ether oxygens (including phenoxy) is 1. The van der Waals surface area contributed by atoms with Crippen molar-refractivity contribution in [2.75, 3.05) is 19.0 Å². The molecule has 0 radical (unpaired) electrons. The third-order valence-electron chi connectivity index (χ3n) is 2.05. The minimum atomic E-state index is -1.00. The molecule has 7 heteroatoms. The molecular weight excluding hydrogens is 234 g/mol. The van der Waals surface area contributed by atoms with Crippen LogP contribution in [0.2, 0.25) is 0 Å². The summed E-state index contributed by atoms with van der Waals surface area (Å²) in [6.45, 7) is 1.93. The van der Waals surface area contributed by atoms with Crippen molar-refractivity contribution < 1.29 is 18.4 Å². The molecule has 0 aliphatic carbocycles. The highest BCUT2D eigenvalue weighted by Gasteiger charge is 2.18. The minimum Gasteiger partial charge on any atom is -0.383 e. The maximum absolute atomic E-state index is 13.4. The van der Waals surface area contributed by atoms with Crippen LogP contribution in [0.15, 0.2) is 12.1 Å². The highest BCUT2D eigenvalue weighted by atomic mass is 19.1. The van der Waals surface area contributed by atoms with E-state index in [-0.39, 0.29) is 18.3 Å². The molecule has 1 N–H and O–H groups in total. The van der Waals surface area contributed by atoms with Crippen LogP contribution in [0.25, 0.3) is 0 Å². The predicted octanol–water partition coefficient (Wildman–Crippen LogP) is 2.32. The summed E-state index contributed by atoms with van der Waals surface area (Å²) in [5.74, 6) is -2.00. The van der Waals surface area contributed by atoms with Gasteiger partial charge in [0.1, 0.15) is 5.69 Å². The highest BCUT2D eigenvalue weighted by Crippen LogP contribution is 2.25. The summed E-state index contributed by atoms with van der Waals surface area (Å²) in [6.07, 6.45) is 0. The van der Waals surface area contributed by atoms with Gasteiger partial charge >= 0.3 is 0 Å². The Balaban J connectivity index is 2.97. The third kappa shape index (κ3) is 3.35. The van der Waals surface area contributed by atoms with Gasteiger partial charge < -0.3 is 10.1 Å². The van der Waals surface area contributed by atoms with Gasteiger partial charge in [-0.2, -0.15) is 0 Å². The van der Waals surface area contributed by atoms with Crippen molar-refractivity contribution in [1.29, 1.82) is 0 Å². The standard InChI is InChI=1S/C10H12F2N2O3/c1-6(5-17-2)13-10-8(11)3-7(14(15)16)4-9(10)12/h3-4,6,13H,5H2,1-2H3. The number of nitrogens with one attached hydrogen (secondary N) is 1. The van der Waals surface area contributed by atoms with Crippen LogP contribution in [-0.2, 0) is 4.74 Å². The van der Waals surface area contributed by atoms with Crippen molar-refractivity contribution in [1.82, 2.24) is 0 Å². The Morgan fingerprint density at radius 2 is 2.00 bits per heavy atom. The van der Waals surface area contributed by atoms with E-state index >= 15 is 0 Å². The van der Waals surface area contributed by atoms with Gasteiger partial charge in [0.05, 0.1) is 23.7 Å².